The van der Waals surface area contributed by atoms with Gasteiger partial charge in [-0.3, -0.25) is 9.69 Å². The molecular formula is C16H31N3O. The molecule has 1 heterocycles. The molecule has 0 aromatic rings. The van der Waals surface area contributed by atoms with E-state index in [1.165, 1.54) is 32.2 Å². The van der Waals surface area contributed by atoms with Gasteiger partial charge >= 0.3 is 0 Å². The Kier molecular flexibility index (Phi) is 5.44. The van der Waals surface area contributed by atoms with Crippen LogP contribution in [0.15, 0.2) is 0 Å². The summed E-state index contributed by atoms with van der Waals surface area (Å²) in [7, 11) is 3.68. The van der Waals surface area contributed by atoms with Crippen molar-refractivity contribution in [2.45, 2.75) is 76.5 Å². The monoisotopic (exact) mass is 281 g/mol. The molecule has 0 bridgehead atoms. The fraction of sp³-hybridized carbons (Fsp3) is 0.938. The van der Waals surface area contributed by atoms with E-state index in [9.17, 15) is 4.79 Å². The molecule has 1 amide bonds. The number of amides is 1. The molecule has 0 radical (unpaired) electrons. The second-order valence-corrected chi connectivity index (χ2v) is 6.93. The van der Waals surface area contributed by atoms with E-state index in [4.69, 9.17) is 0 Å². The van der Waals surface area contributed by atoms with Gasteiger partial charge < -0.3 is 10.2 Å². The molecule has 1 saturated heterocycles. The quantitative estimate of drug-likeness (QED) is 0.807. The van der Waals surface area contributed by atoms with Gasteiger partial charge in [-0.05, 0) is 46.0 Å². The minimum Gasteiger partial charge on any atom is -0.347 e. The van der Waals surface area contributed by atoms with Crippen molar-refractivity contribution in [2.24, 2.45) is 0 Å². The van der Waals surface area contributed by atoms with E-state index in [2.05, 4.69) is 24.1 Å². The minimum absolute atomic E-state index is 0.0474. The van der Waals surface area contributed by atoms with Gasteiger partial charge in [0, 0.05) is 38.8 Å². The molecule has 0 aromatic heterocycles. The van der Waals surface area contributed by atoms with Gasteiger partial charge in [-0.25, -0.2) is 0 Å². The van der Waals surface area contributed by atoms with Crippen LogP contribution in [-0.4, -0.2) is 60.5 Å². The topological polar surface area (TPSA) is 35.6 Å². The first kappa shape index (κ1) is 15.8. The maximum atomic E-state index is 12.0. The summed E-state index contributed by atoms with van der Waals surface area (Å²) < 4.78 is 0. The van der Waals surface area contributed by atoms with E-state index in [1.54, 1.807) is 4.90 Å². The van der Waals surface area contributed by atoms with Crippen LogP contribution in [0.1, 0.15) is 52.4 Å². The van der Waals surface area contributed by atoms with E-state index in [-0.39, 0.29) is 11.9 Å². The van der Waals surface area contributed by atoms with Gasteiger partial charge in [-0.2, -0.15) is 0 Å². The van der Waals surface area contributed by atoms with Crippen LogP contribution in [0.5, 0.6) is 0 Å². The Hall–Kier alpha value is -0.610. The summed E-state index contributed by atoms with van der Waals surface area (Å²) >= 11 is 0. The summed E-state index contributed by atoms with van der Waals surface area (Å²) in [6.45, 7) is 5.78. The Balaban J connectivity index is 1.75. The molecule has 2 atom stereocenters. The zero-order valence-electron chi connectivity index (χ0n) is 13.6. The van der Waals surface area contributed by atoms with Crippen molar-refractivity contribution in [2.75, 3.05) is 20.6 Å². The lowest BCUT2D eigenvalue weighted by atomic mass is 9.90. The first-order valence-corrected chi connectivity index (χ1v) is 8.22. The van der Waals surface area contributed by atoms with Gasteiger partial charge in [0.1, 0.15) is 0 Å². The highest BCUT2D eigenvalue weighted by Crippen LogP contribution is 2.27. The average Bonchev–Trinajstić information content (AvgIpc) is 2.79. The minimum atomic E-state index is 0.0474. The fourth-order valence-corrected chi connectivity index (χ4v) is 3.44. The number of rotatable bonds is 6. The summed E-state index contributed by atoms with van der Waals surface area (Å²) in [5.41, 5.74) is 0. The van der Waals surface area contributed by atoms with Crippen LogP contribution in [0.3, 0.4) is 0 Å². The predicted molar refractivity (Wildman–Crippen MR) is 82.7 cm³/mol. The number of likely N-dealkylation sites (N-methyl/N-ethyl adjacent to an activating group) is 1. The lowest BCUT2D eigenvalue weighted by Crippen LogP contribution is -2.47. The Morgan fingerprint density at radius 1 is 1.20 bits per heavy atom. The molecule has 2 rings (SSSR count). The number of carbonyl (C=O) groups is 1. The fourth-order valence-electron chi connectivity index (χ4n) is 3.44. The Labute approximate surface area is 123 Å². The molecule has 2 unspecified atom stereocenters. The molecule has 0 aromatic carbocycles. The van der Waals surface area contributed by atoms with E-state index in [1.807, 2.05) is 14.1 Å². The number of hydrogen-bond acceptors (Lipinski definition) is 3. The zero-order valence-corrected chi connectivity index (χ0v) is 13.6. The number of carbonyl (C=O) groups excluding carboxylic acids is 1. The van der Waals surface area contributed by atoms with Crippen LogP contribution in [-0.2, 0) is 4.79 Å². The van der Waals surface area contributed by atoms with Gasteiger partial charge in [0.2, 0.25) is 5.91 Å². The molecule has 2 fully saturated rings. The largest absolute Gasteiger partial charge is 0.347 e. The zero-order chi connectivity index (χ0) is 14.7. The smallest absolute Gasteiger partial charge is 0.239 e. The van der Waals surface area contributed by atoms with Crippen molar-refractivity contribution in [3.05, 3.63) is 0 Å². The molecule has 1 aliphatic heterocycles. The molecule has 116 valence electrons. The summed E-state index contributed by atoms with van der Waals surface area (Å²) in [5.74, 6) is 0.229. The standard InChI is InChI=1S/C16H31N3O/c1-12(2)19(14-6-5-7-14)11-10-13-8-9-15(17-13)16(20)18(3)4/h12-15,17H,5-11H2,1-4H3. The Bertz CT molecular complexity index is 326. The summed E-state index contributed by atoms with van der Waals surface area (Å²) in [4.78, 5) is 16.3. The molecule has 4 nitrogen and oxygen atoms in total. The van der Waals surface area contributed by atoms with Crippen LogP contribution in [0.25, 0.3) is 0 Å². The summed E-state index contributed by atoms with van der Waals surface area (Å²) in [5, 5.41) is 3.52. The van der Waals surface area contributed by atoms with Crippen LogP contribution in [0, 0.1) is 0 Å². The third kappa shape index (κ3) is 3.73. The second kappa shape index (κ2) is 6.90. The Morgan fingerprint density at radius 2 is 1.90 bits per heavy atom. The number of nitrogens with zero attached hydrogens (tertiary/aromatic N) is 2. The Morgan fingerprint density at radius 3 is 2.40 bits per heavy atom. The molecule has 1 saturated carbocycles. The first-order valence-electron chi connectivity index (χ1n) is 8.22. The normalized spacial score (nSPS) is 27.1. The highest BCUT2D eigenvalue weighted by Gasteiger charge is 2.31. The van der Waals surface area contributed by atoms with Crippen molar-refractivity contribution in [3.63, 3.8) is 0 Å². The third-order valence-corrected chi connectivity index (χ3v) is 4.92. The third-order valence-electron chi connectivity index (χ3n) is 4.92. The van der Waals surface area contributed by atoms with E-state index in [0.717, 1.165) is 18.9 Å². The average molecular weight is 281 g/mol. The molecule has 1 aliphatic carbocycles. The summed E-state index contributed by atoms with van der Waals surface area (Å²) in [6, 6.07) is 2.02. The molecule has 20 heavy (non-hydrogen) atoms. The van der Waals surface area contributed by atoms with Crippen molar-refractivity contribution >= 4 is 5.91 Å². The molecule has 0 spiro atoms. The highest BCUT2D eigenvalue weighted by molar-refractivity contribution is 5.81. The van der Waals surface area contributed by atoms with Gasteiger partial charge in [0.05, 0.1) is 6.04 Å². The maximum absolute atomic E-state index is 12.0. The highest BCUT2D eigenvalue weighted by atomic mass is 16.2. The molecule has 1 N–H and O–H groups in total. The molecule has 2 aliphatic rings. The molecular weight excluding hydrogens is 250 g/mol. The van der Waals surface area contributed by atoms with Gasteiger partial charge in [0.25, 0.3) is 0 Å². The number of hydrogen-bond donors (Lipinski definition) is 1. The van der Waals surface area contributed by atoms with Crippen LogP contribution >= 0.6 is 0 Å². The SMILES string of the molecule is CC(C)N(CCC1CCC(C(=O)N(C)C)N1)C1CCC1. The predicted octanol–water partition coefficient (Wildman–Crippen LogP) is 1.85. The number of nitrogens with one attached hydrogen (secondary N) is 1. The van der Waals surface area contributed by atoms with E-state index < -0.39 is 0 Å². The van der Waals surface area contributed by atoms with Crippen molar-refractivity contribution in [3.8, 4) is 0 Å². The summed E-state index contributed by atoms with van der Waals surface area (Å²) in [6.07, 6.45) is 7.45. The van der Waals surface area contributed by atoms with Gasteiger partial charge in [-0.1, -0.05) is 6.42 Å². The van der Waals surface area contributed by atoms with Gasteiger partial charge in [0.15, 0.2) is 0 Å². The van der Waals surface area contributed by atoms with Crippen molar-refractivity contribution in [1.29, 1.82) is 0 Å². The van der Waals surface area contributed by atoms with Gasteiger partial charge in [-0.15, -0.1) is 0 Å². The van der Waals surface area contributed by atoms with Crippen LogP contribution in [0.2, 0.25) is 0 Å². The first-order chi connectivity index (χ1) is 9.49. The van der Waals surface area contributed by atoms with Crippen molar-refractivity contribution in [1.82, 2.24) is 15.1 Å². The lowest BCUT2D eigenvalue weighted by Gasteiger charge is -2.40. The lowest BCUT2D eigenvalue weighted by molar-refractivity contribution is -0.130. The van der Waals surface area contributed by atoms with Crippen molar-refractivity contribution < 1.29 is 4.79 Å². The van der Waals surface area contributed by atoms with E-state index >= 15 is 0 Å². The van der Waals surface area contributed by atoms with E-state index in [0.29, 0.717) is 12.1 Å². The van der Waals surface area contributed by atoms with Crippen LogP contribution < -0.4 is 5.32 Å². The second-order valence-electron chi connectivity index (χ2n) is 6.93. The maximum Gasteiger partial charge on any atom is 0.239 e. The van der Waals surface area contributed by atoms with Crippen LogP contribution in [0.4, 0.5) is 0 Å². The molecule has 4 heteroatoms.